The molecule has 3 aromatic rings. The van der Waals surface area contributed by atoms with Crippen molar-refractivity contribution in [2.75, 3.05) is 34.3 Å². The van der Waals surface area contributed by atoms with E-state index in [4.69, 9.17) is 4.74 Å². The molecule has 166 valence electrons. The lowest BCUT2D eigenvalue weighted by Crippen LogP contribution is -2.44. The zero-order valence-corrected chi connectivity index (χ0v) is 18.7. The van der Waals surface area contributed by atoms with Gasteiger partial charge in [0.05, 0.1) is 7.11 Å². The van der Waals surface area contributed by atoms with Crippen LogP contribution >= 0.6 is 0 Å². The number of nitrogens with one attached hydrogen (secondary N) is 1. The Balaban J connectivity index is 1.59. The van der Waals surface area contributed by atoms with Gasteiger partial charge < -0.3 is 14.6 Å². The average Bonchev–Trinajstić information content (AvgIpc) is 3.28. The number of urea groups is 1. The summed E-state index contributed by atoms with van der Waals surface area (Å²) in [7, 11) is 5.62. The number of aromatic amines is 1. The maximum absolute atomic E-state index is 13.5. The van der Waals surface area contributed by atoms with Gasteiger partial charge in [-0.05, 0) is 56.4 Å². The van der Waals surface area contributed by atoms with Crippen molar-refractivity contribution in [1.29, 1.82) is 0 Å². The van der Waals surface area contributed by atoms with Gasteiger partial charge in [-0.15, -0.1) is 0 Å². The van der Waals surface area contributed by atoms with E-state index in [1.165, 1.54) is 4.90 Å². The highest BCUT2D eigenvalue weighted by Gasteiger charge is 2.52. The minimum atomic E-state index is -0.485. The summed E-state index contributed by atoms with van der Waals surface area (Å²) in [5, 5.41) is 1.12. The third-order valence-corrected chi connectivity index (χ3v) is 6.55. The summed E-state index contributed by atoms with van der Waals surface area (Å²) in [6.07, 6.45) is 1.28. The number of benzene rings is 2. The summed E-state index contributed by atoms with van der Waals surface area (Å²) < 4.78 is 5.32. The molecule has 0 radical (unpaired) electrons. The fraction of sp³-hybridized carbons (Fsp3) is 0.360. The lowest BCUT2D eigenvalue weighted by molar-refractivity contribution is -0.128. The van der Waals surface area contributed by atoms with Crippen LogP contribution in [-0.4, -0.2) is 72.0 Å². The minimum Gasteiger partial charge on any atom is -0.497 e. The number of fused-ring (bicyclic) bond motifs is 4. The van der Waals surface area contributed by atoms with Gasteiger partial charge in [-0.1, -0.05) is 30.3 Å². The number of para-hydroxylation sites is 1. The number of nitrogens with zero attached hydrogens (tertiary/aromatic N) is 3. The fourth-order valence-corrected chi connectivity index (χ4v) is 5.01. The van der Waals surface area contributed by atoms with E-state index in [1.807, 2.05) is 56.6 Å². The quantitative estimate of drug-likeness (QED) is 0.606. The van der Waals surface area contributed by atoms with Crippen molar-refractivity contribution >= 4 is 22.8 Å². The molecule has 3 heterocycles. The Labute approximate surface area is 187 Å². The number of hydrogen-bond donors (Lipinski definition) is 1. The van der Waals surface area contributed by atoms with Crippen LogP contribution in [0, 0.1) is 0 Å². The summed E-state index contributed by atoms with van der Waals surface area (Å²) >= 11 is 0. The van der Waals surface area contributed by atoms with E-state index in [1.54, 1.807) is 12.0 Å². The Morgan fingerprint density at radius 2 is 1.84 bits per heavy atom. The van der Waals surface area contributed by atoms with Gasteiger partial charge in [0, 0.05) is 29.6 Å². The van der Waals surface area contributed by atoms with E-state index >= 15 is 0 Å². The first-order valence-corrected chi connectivity index (χ1v) is 11.0. The number of carbonyl (C=O) groups excluding carboxylic acids is 2. The van der Waals surface area contributed by atoms with Crippen molar-refractivity contribution in [1.82, 2.24) is 19.7 Å². The maximum Gasteiger partial charge on any atom is 0.328 e. The Morgan fingerprint density at radius 3 is 2.56 bits per heavy atom. The highest BCUT2D eigenvalue weighted by molar-refractivity contribution is 6.05. The van der Waals surface area contributed by atoms with Gasteiger partial charge in [-0.25, -0.2) is 4.79 Å². The number of methoxy groups -OCH3 is 1. The summed E-state index contributed by atoms with van der Waals surface area (Å²) in [6.45, 7) is 1.26. The van der Waals surface area contributed by atoms with Crippen molar-refractivity contribution < 1.29 is 14.3 Å². The van der Waals surface area contributed by atoms with Crippen LogP contribution in [0.2, 0.25) is 0 Å². The van der Waals surface area contributed by atoms with Gasteiger partial charge in [0.25, 0.3) is 5.91 Å². The van der Waals surface area contributed by atoms with E-state index in [0.29, 0.717) is 13.0 Å². The van der Waals surface area contributed by atoms with Crippen LogP contribution in [0.5, 0.6) is 5.75 Å². The molecular weight excluding hydrogens is 404 g/mol. The summed E-state index contributed by atoms with van der Waals surface area (Å²) in [5.74, 6) is 0.662. The highest BCUT2D eigenvalue weighted by Crippen LogP contribution is 2.44. The van der Waals surface area contributed by atoms with Crippen molar-refractivity contribution in [2.24, 2.45) is 0 Å². The van der Waals surface area contributed by atoms with E-state index in [0.717, 1.165) is 46.4 Å². The molecule has 2 aliphatic heterocycles. The molecule has 2 atom stereocenters. The summed E-state index contributed by atoms with van der Waals surface area (Å²) in [6, 6.07) is 14.9. The van der Waals surface area contributed by atoms with Gasteiger partial charge in [-0.3, -0.25) is 14.6 Å². The van der Waals surface area contributed by atoms with Crippen LogP contribution in [0.15, 0.2) is 48.5 Å². The van der Waals surface area contributed by atoms with Crippen molar-refractivity contribution in [3.05, 3.63) is 65.4 Å². The van der Waals surface area contributed by atoms with E-state index in [9.17, 15) is 9.59 Å². The van der Waals surface area contributed by atoms with Crippen molar-refractivity contribution in [2.45, 2.75) is 24.9 Å². The number of hydrogen-bond acceptors (Lipinski definition) is 4. The minimum absolute atomic E-state index is 0.0943. The first kappa shape index (κ1) is 20.6. The molecule has 7 nitrogen and oxygen atoms in total. The molecule has 1 saturated heterocycles. The van der Waals surface area contributed by atoms with Crippen LogP contribution in [-0.2, 0) is 11.2 Å². The second-order valence-corrected chi connectivity index (χ2v) is 8.79. The molecule has 1 N–H and O–H groups in total. The predicted octanol–water partition coefficient (Wildman–Crippen LogP) is 3.41. The summed E-state index contributed by atoms with van der Waals surface area (Å²) in [4.78, 5) is 35.8. The van der Waals surface area contributed by atoms with Crippen LogP contribution in [0.25, 0.3) is 10.9 Å². The Hall–Kier alpha value is -3.32. The molecule has 3 amide bonds. The van der Waals surface area contributed by atoms with Gasteiger partial charge in [0.15, 0.2) is 0 Å². The highest BCUT2D eigenvalue weighted by atomic mass is 16.5. The van der Waals surface area contributed by atoms with Crippen LogP contribution in [0.1, 0.15) is 29.3 Å². The topological polar surface area (TPSA) is 68.9 Å². The smallest absolute Gasteiger partial charge is 0.328 e. The van der Waals surface area contributed by atoms with E-state index < -0.39 is 6.04 Å². The molecule has 32 heavy (non-hydrogen) atoms. The summed E-state index contributed by atoms with van der Waals surface area (Å²) in [5.41, 5.74) is 4.10. The second kappa shape index (κ2) is 7.98. The van der Waals surface area contributed by atoms with Crippen molar-refractivity contribution in [3.63, 3.8) is 0 Å². The third-order valence-electron chi connectivity index (χ3n) is 6.55. The van der Waals surface area contributed by atoms with E-state index in [-0.39, 0.29) is 18.0 Å². The fourth-order valence-electron chi connectivity index (χ4n) is 5.01. The molecule has 5 rings (SSSR count). The molecular formula is C25H28N4O3. The number of imide groups is 1. The predicted molar refractivity (Wildman–Crippen MR) is 123 cm³/mol. The molecule has 2 aliphatic rings. The van der Waals surface area contributed by atoms with Gasteiger partial charge in [0.2, 0.25) is 0 Å². The number of ether oxygens (including phenoxy) is 1. The maximum atomic E-state index is 13.5. The zero-order valence-electron chi connectivity index (χ0n) is 18.7. The monoisotopic (exact) mass is 432 g/mol. The molecule has 2 aromatic carbocycles. The number of carbonyl (C=O) groups is 2. The molecule has 2 unspecified atom stereocenters. The number of aromatic nitrogens is 1. The van der Waals surface area contributed by atoms with Gasteiger partial charge in [0.1, 0.15) is 17.8 Å². The normalized spacial score (nSPS) is 20.2. The molecule has 7 heteroatoms. The first-order valence-electron chi connectivity index (χ1n) is 11.0. The lowest BCUT2D eigenvalue weighted by Gasteiger charge is -2.36. The number of rotatable bonds is 6. The Kier molecular flexibility index (Phi) is 5.13. The largest absolute Gasteiger partial charge is 0.497 e. The van der Waals surface area contributed by atoms with Crippen LogP contribution < -0.4 is 4.74 Å². The van der Waals surface area contributed by atoms with E-state index in [2.05, 4.69) is 16.0 Å². The van der Waals surface area contributed by atoms with Crippen LogP contribution in [0.4, 0.5) is 4.79 Å². The third kappa shape index (κ3) is 3.24. The average molecular weight is 433 g/mol. The number of H-pyrrole nitrogens is 1. The Bertz CT molecular complexity index is 1170. The molecule has 1 fully saturated rings. The molecule has 0 aliphatic carbocycles. The zero-order chi connectivity index (χ0) is 22.4. The van der Waals surface area contributed by atoms with Gasteiger partial charge >= 0.3 is 6.03 Å². The van der Waals surface area contributed by atoms with Gasteiger partial charge in [-0.2, -0.15) is 0 Å². The Morgan fingerprint density at radius 1 is 1.09 bits per heavy atom. The molecule has 1 aromatic heterocycles. The number of amides is 3. The first-order chi connectivity index (χ1) is 15.5. The SMILES string of the molecule is COc1ccc(C2c3[nH]c4ccccc4c3CC3C(=O)N(CCCN(C)C)C(=O)N32)cc1. The molecule has 0 bridgehead atoms. The standard InChI is InChI=1S/C25H28N4O3/c1-27(2)13-6-14-28-24(30)21-15-19-18-7-4-5-8-20(18)26-22(19)23(29(21)25(28)31)16-9-11-17(32-3)12-10-16/h4-5,7-12,21,23,26H,6,13-15H2,1-3H3. The van der Waals surface area contributed by atoms with Crippen molar-refractivity contribution in [3.8, 4) is 5.75 Å². The lowest BCUT2D eigenvalue weighted by atomic mass is 9.89. The van der Waals surface area contributed by atoms with Crippen LogP contribution in [0.3, 0.4) is 0 Å². The molecule has 0 saturated carbocycles. The second-order valence-electron chi connectivity index (χ2n) is 8.79. The molecule has 0 spiro atoms.